The number of hydrogen-bond acceptors (Lipinski definition) is 6. The van der Waals surface area contributed by atoms with Crippen LogP contribution < -0.4 is 14.8 Å². The van der Waals surface area contributed by atoms with Crippen molar-refractivity contribution < 1.29 is 23.9 Å². The molecular weight excluding hydrogens is 648 g/mol. The number of nitrogens with one attached hydrogen (secondary N) is 1. The van der Waals surface area contributed by atoms with Crippen LogP contribution in [0.2, 0.25) is 5.02 Å². The van der Waals surface area contributed by atoms with Gasteiger partial charge in [-0.3, -0.25) is 19.3 Å². The van der Waals surface area contributed by atoms with E-state index in [4.69, 9.17) is 21.1 Å². The van der Waals surface area contributed by atoms with Crippen molar-refractivity contribution in [3.05, 3.63) is 90.7 Å². The Hall–Kier alpha value is -2.79. The van der Waals surface area contributed by atoms with Crippen molar-refractivity contribution in [2.24, 2.45) is 0 Å². The van der Waals surface area contributed by atoms with E-state index in [9.17, 15) is 14.4 Å². The summed E-state index contributed by atoms with van der Waals surface area (Å²) in [6, 6.07) is 17.7. The third-order valence-corrected chi connectivity index (χ3v) is 7.65. The number of halogens is 3. The van der Waals surface area contributed by atoms with Crippen molar-refractivity contribution in [2.75, 3.05) is 19.0 Å². The van der Waals surface area contributed by atoms with Gasteiger partial charge in [0.2, 0.25) is 5.91 Å². The molecule has 1 aliphatic heterocycles. The van der Waals surface area contributed by atoms with Crippen LogP contribution in [0.15, 0.2) is 74.5 Å². The van der Waals surface area contributed by atoms with Crippen LogP contribution in [0.25, 0.3) is 6.08 Å². The molecule has 0 aromatic heterocycles. The molecule has 7 nitrogen and oxygen atoms in total. The van der Waals surface area contributed by atoms with Gasteiger partial charge in [0.25, 0.3) is 11.1 Å². The van der Waals surface area contributed by atoms with Gasteiger partial charge in [-0.15, -0.1) is 0 Å². The summed E-state index contributed by atoms with van der Waals surface area (Å²) in [5.74, 6) is 0.193. The Balaban J connectivity index is 1.43. The predicted octanol–water partition coefficient (Wildman–Crippen LogP) is 7.13. The number of methoxy groups -OCH3 is 1. The first-order valence-electron chi connectivity index (χ1n) is 10.8. The van der Waals surface area contributed by atoms with Gasteiger partial charge < -0.3 is 14.8 Å². The van der Waals surface area contributed by atoms with E-state index in [0.29, 0.717) is 36.7 Å². The summed E-state index contributed by atoms with van der Waals surface area (Å²) in [5, 5.41) is 2.77. The first-order chi connectivity index (χ1) is 17.7. The van der Waals surface area contributed by atoms with Gasteiger partial charge in [0.1, 0.15) is 24.7 Å². The number of nitrogens with zero attached hydrogens (tertiary/aromatic N) is 1. The summed E-state index contributed by atoms with van der Waals surface area (Å²) in [6.07, 6.45) is 1.60. The zero-order valence-electron chi connectivity index (χ0n) is 19.3. The van der Waals surface area contributed by atoms with Crippen molar-refractivity contribution in [1.82, 2.24) is 4.90 Å². The van der Waals surface area contributed by atoms with Gasteiger partial charge >= 0.3 is 0 Å². The van der Waals surface area contributed by atoms with Crippen molar-refractivity contribution >= 4 is 84.0 Å². The number of imide groups is 1. The molecule has 11 heteroatoms. The number of hydrogen-bond donors (Lipinski definition) is 1. The van der Waals surface area contributed by atoms with E-state index in [0.717, 1.165) is 22.2 Å². The number of rotatable bonds is 8. The average molecular weight is 667 g/mol. The second-order valence-corrected chi connectivity index (χ2v) is 10.8. The Bertz CT molecular complexity index is 1370. The fourth-order valence-electron chi connectivity index (χ4n) is 3.37. The highest BCUT2D eigenvalue weighted by molar-refractivity contribution is 9.11. The summed E-state index contributed by atoms with van der Waals surface area (Å²) in [4.78, 5) is 38.9. The number of thioether (sulfide) groups is 1. The predicted molar refractivity (Wildman–Crippen MR) is 152 cm³/mol. The minimum Gasteiger partial charge on any atom is -0.497 e. The summed E-state index contributed by atoms with van der Waals surface area (Å²) in [5.41, 5.74) is 2.04. The Kier molecular flexibility index (Phi) is 8.96. The molecule has 3 amide bonds. The smallest absolute Gasteiger partial charge is 0.294 e. The highest BCUT2D eigenvalue weighted by atomic mass is 79.9. The molecule has 1 saturated heterocycles. The van der Waals surface area contributed by atoms with E-state index in [-0.39, 0.29) is 11.5 Å². The number of carbonyl (C=O) groups excluding carboxylic acids is 3. The number of anilines is 1. The second kappa shape index (κ2) is 12.2. The maximum absolute atomic E-state index is 12.9. The van der Waals surface area contributed by atoms with Crippen LogP contribution in [0, 0.1) is 0 Å². The van der Waals surface area contributed by atoms with Crippen molar-refractivity contribution in [3.63, 3.8) is 0 Å². The fourth-order valence-corrected chi connectivity index (χ4v) is 5.85. The fraction of sp³-hybridized carbons (Fsp3) is 0.115. The molecule has 1 fully saturated rings. The quantitative estimate of drug-likeness (QED) is 0.258. The maximum atomic E-state index is 12.9. The first-order valence-corrected chi connectivity index (χ1v) is 13.6. The molecule has 0 saturated carbocycles. The lowest BCUT2D eigenvalue weighted by atomic mass is 10.2. The van der Waals surface area contributed by atoms with Crippen molar-refractivity contribution in [2.45, 2.75) is 6.61 Å². The Labute approximate surface area is 239 Å². The van der Waals surface area contributed by atoms with Crippen LogP contribution in [0.1, 0.15) is 11.1 Å². The lowest BCUT2D eigenvalue weighted by Gasteiger charge is -2.13. The monoisotopic (exact) mass is 664 g/mol. The molecule has 0 atom stereocenters. The maximum Gasteiger partial charge on any atom is 0.294 e. The second-order valence-electron chi connectivity index (χ2n) is 7.74. The zero-order valence-corrected chi connectivity index (χ0v) is 24.0. The minimum atomic E-state index is -0.536. The summed E-state index contributed by atoms with van der Waals surface area (Å²) >= 11 is 14.0. The first kappa shape index (κ1) is 27.3. The molecule has 0 bridgehead atoms. The number of benzene rings is 3. The van der Waals surface area contributed by atoms with Gasteiger partial charge in [0.05, 0.1) is 21.0 Å². The third kappa shape index (κ3) is 6.75. The van der Waals surface area contributed by atoms with Crippen LogP contribution in [0.5, 0.6) is 11.5 Å². The van der Waals surface area contributed by atoms with Crippen LogP contribution in [-0.2, 0) is 16.2 Å². The molecule has 3 aromatic rings. The Morgan fingerprint density at radius 2 is 1.76 bits per heavy atom. The lowest BCUT2D eigenvalue weighted by molar-refractivity contribution is -0.127. The van der Waals surface area contributed by atoms with Crippen LogP contribution in [0.4, 0.5) is 10.5 Å². The van der Waals surface area contributed by atoms with Crippen LogP contribution in [0.3, 0.4) is 0 Å². The highest BCUT2D eigenvalue weighted by Gasteiger charge is 2.36. The van der Waals surface area contributed by atoms with E-state index in [1.807, 2.05) is 18.2 Å². The zero-order chi connectivity index (χ0) is 26.5. The molecule has 0 unspecified atom stereocenters. The molecule has 1 aliphatic rings. The van der Waals surface area contributed by atoms with E-state index in [1.54, 1.807) is 55.7 Å². The van der Waals surface area contributed by atoms with Crippen molar-refractivity contribution in [3.8, 4) is 11.5 Å². The SMILES string of the molecule is COc1ccc(NC(=O)CN2C(=O)S/C(=C/c3cc(Br)c(OCc4ccccc4Cl)c(Br)c3)C2=O)cc1. The van der Waals surface area contributed by atoms with Gasteiger partial charge in [-0.1, -0.05) is 29.8 Å². The van der Waals surface area contributed by atoms with Gasteiger partial charge in [-0.05, 0) is 97.7 Å². The van der Waals surface area contributed by atoms with E-state index in [2.05, 4.69) is 37.2 Å². The molecule has 3 aromatic carbocycles. The third-order valence-electron chi connectivity index (χ3n) is 5.20. The van der Waals surface area contributed by atoms with Gasteiger partial charge in [-0.2, -0.15) is 0 Å². The molecule has 0 spiro atoms. The Morgan fingerprint density at radius 3 is 2.41 bits per heavy atom. The molecule has 4 rings (SSSR count). The molecular formula is C26H19Br2ClN2O5S. The van der Waals surface area contributed by atoms with E-state index in [1.165, 1.54) is 0 Å². The number of carbonyl (C=O) groups is 3. The van der Waals surface area contributed by atoms with Gasteiger partial charge in [0.15, 0.2) is 0 Å². The van der Waals surface area contributed by atoms with Crippen LogP contribution >= 0.6 is 55.2 Å². The molecule has 0 radical (unpaired) electrons. The number of amides is 3. The highest BCUT2D eigenvalue weighted by Crippen LogP contribution is 2.38. The lowest BCUT2D eigenvalue weighted by Crippen LogP contribution is -2.36. The Morgan fingerprint density at radius 1 is 1.08 bits per heavy atom. The molecule has 1 N–H and O–H groups in total. The standard InChI is InChI=1S/C26H19Br2ClN2O5S/c1-35-18-8-6-17(7-9-18)30-23(32)13-31-25(33)22(37-26(31)34)12-15-10-19(27)24(20(28)11-15)36-14-16-4-2-3-5-21(16)29/h2-12H,13-14H2,1H3,(H,30,32)/b22-12+. The normalized spacial score (nSPS) is 14.3. The molecule has 1 heterocycles. The number of ether oxygens (including phenoxy) is 2. The minimum absolute atomic E-state index is 0.214. The van der Waals surface area contributed by atoms with Gasteiger partial charge in [-0.25, -0.2) is 0 Å². The van der Waals surface area contributed by atoms with Crippen molar-refractivity contribution in [1.29, 1.82) is 0 Å². The molecule has 0 aliphatic carbocycles. The van der Waals surface area contributed by atoms with Crippen LogP contribution in [-0.4, -0.2) is 35.6 Å². The van der Waals surface area contributed by atoms with E-state index >= 15 is 0 Å². The average Bonchev–Trinajstić information content (AvgIpc) is 3.12. The summed E-state index contributed by atoms with van der Waals surface area (Å²) < 4.78 is 12.3. The van der Waals surface area contributed by atoms with E-state index < -0.39 is 23.6 Å². The summed E-state index contributed by atoms with van der Waals surface area (Å²) in [6.45, 7) is -0.121. The summed E-state index contributed by atoms with van der Waals surface area (Å²) in [7, 11) is 1.54. The largest absolute Gasteiger partial charge is 0.497 e. The molecule has 190 valence electrons. The van der Waals surface area contributed by atoms with Gasteiger partial charge in [0, 0.05) is 16.3 Å². The molecule has 37 heavy (non-hydrogen) atoms. The topological polar surface area (TPSA) is 84.9 Å².